The molecule has 1 aromatic heterocycles. The fraction of sp³-hybridized carbons (Fsp3) is 0.263. The lowest BCUT2D eigenvalue weighted by Crippen LogP contribution is -2.12. The zero-order valence-electron chi connectivity index (χ0n) is 14.0. The highest BCUT2D eigenvalue weighted by atomic mass is 35.5. The Morgan fingerprint density at radius 3 is 2.62 bits per heavy atom. The van der Waals surface area contributed by atoms with Gasteiger partial charge in [-0.2, -0.15) is 15.6 Å². The van der Waals surface area contributed by atoms with Gasteiger partial charge in [0.1, 0.15) is 11.1 Å². The highest BCUT2D eigenvalue weighted by molar-refractivity contribution is 7.99. The first kappa shape index (κ1) is 18.3. The summed E-state index contributed by atoms with van der Waals surface area (Å²) in [6.45, 7) is 0. The van der Waals surface area contributed by atoms with E-state index in [2.05, 4.69) is 27.6 Å². The number of thioether (sulfide) groups is 1. The van der Waals surface area contributed by atoms with Crippen LogP contribution in [0, 0.1) is 22.7 Å². The van der Waals surface area contributed by atoms with Crippen molar-refractivity contribution in [1.29, 1.82) is 10.5 Å². The van der Waals surface area contributed by atoms with Crippen molar-refractivity contribution in [3.8, 4) is 12.1 Å². The molecule has 2 aromatic rings. The Kier molecular flexibility index (Phi) is 6.12. The third kappa shape index (κ3) is 4.16. The number of benzene rings is 1. The molecule has 1 heterocycles. The van der Waals surface area contributed by atoms with Crippen LogP contribution in [0.2, 0.25) is 5.02 Å². The van der Waals surface area contributed by atoms with Gasteiger partial charge in [0.05, 0.1) is 23.6 Å². The number of pyridine rings is 1. The lowest BCUT2D eigenvalue weighted by atomic mass is 9.89. The van der Waals surface area contributed by atoms with Crippen molar-refractivity contribution in [2.75, 3.05) is 11.2 Å². The average molecular weight is 382 g/mol. The van der Waals surface area contributed by atoms with E-state index in [0.29, 0.717) is 21.4 Å². The summed E-state index contributed by atoms with van der Waals surface area (Å²) in [4.78, 5) is 4.58. The molecule has 1 aliphatic rings. The zero-order chi connectivity index (χ0) is 18.4. The molecular weight excluding hydrogens is 366 g/mol. The van der Waals surface area contributed by atoms with Gasteiger partial charge in [0.2, 0.25) is 0 Å². The first-order chi connectivity index (χ1) is 12.7. The molecule has 130 valence electrons. The van der Waals surface area contributed by atoms with Crippen molar-refractivity contribution < 1.29 is 0 Å². The van der Waals surface area contributed by atoms with Crippen molar-refractivity contribution in [3.05, 3.63) is 51.5 Å². The maximum atomic E-state index is 9.56. The third-order valence-corrected chi connectivity index (χ3v) is 5.22. The molecular formula is C19H16ClN5S. The molecule has 0 fully saturated rings. The summed E-state index contributed by atoms with van der Waals surface area (Å²) in [7, 11) is 0. The van der Waals surface area contributed by atoms with E-state index in [4.69, 9.17) is 16.9 Å². The van der Waals surface area contributed by atoms with Crippen LogP contribution in [0.5, 0.6) is 0 Å². The average Bonchev–Trinajstić information content (AvgIpc) is 2.67. The SMILES string of the molecule is N#CCSc1nc(N/N=C/c2ccc(Cl)cc2)c2c(c1C#N)CCCC2. The van der Waals surface area contributed by atoms with Crippen LogP contribution in [0.4, 0.5) is 5.82 Å². The molecule has 0 saturated carbocycles. The molecule has 0 atom stereocenters. The van der Waals surface area contributed by atoms with Gasteiger partial charge in [-0.25, -0.2) is 4.98 Å². The Morgan fingerprint density at radius 1 is 1.19 bits per heavy atom. The Balaban J connectivity index is 1.91. The number of nitrogens with one attached hydrogen (secondary N) is 1. The van der Waals surface area contributed by atoms with Crippen molar-refractivity contribution in [1.82, 2.24) is 4.98 Å². The van der Waals surface area contributed by atoms with Crippen LogP contribution in [0.1, 0.15) is 35.1 Å². The number of nitriles is 2. The molecule has 0 amide bonds. The summed E-state index contributed by atoms with van der Waals surface area (Å²) in [5.41, 5.74) is 6.65. The van der Waals surface area contributed by atoms with E-state index in [1.807, 2.05) is 12.1 Å². The fourth-order valence-electron chi connectivity index (χ4n) is 2.93. The molecule has 5 nitrogen and oxygen atoms in total. The lowest BCUT2D eigenvalue weighted by Gasteiger charge is -2.21. The summed E-state index contributed by atoms with van der Waals surface area (Å²) in [5.74, 6) is 0.929. The minimum Gasteiger partial charge on any atom is -0.261 e. The highest BCUT2D eigenvalue weighted by Crippen LogP contribution is 2.34. The minimum atomic E-state index is 0.258. The maximum absolute atomic E-state index is 9.56. The summed E-state index contributed by atoms with van der Waals surface area (Å²) in [5, 5.41) is 24.0. The number of aromatic nitrogens is 1. The zero-order valence-corrected chi connectivity index (χ0v) is 15.6. The summed E-state index contributed by atoms with van der Waals surface area (Å²) < 4.78 is 0. The Morgan fingerprint density at radius 2 is 1.92 bits per heavy atom. The van der Waals surface area contributed by atoms with E-state index in [0.717, 1.165) is 42.4 Å². The molecule has 1 aliphatic carbocycles. The maximum Gasteiger partial charge on any atom is 0.151 e. The minimum absolute atomic E-state index is 0.258. The number of anilines is 1. The van der Waals surface area contributed by atoms with Crippen LogP contribution in [0.15, 0.2) is 34.4 Å². The van der Waals surface area contributed by atoms with Crippen molar-refractivity contribution in [3.63, 3.8) is 0 Å². The van der Waals surface area contributed by atoms with Crippen LogP contribution in [0.25, 0.3) is 0 Å². The number of halogens is 1. The van der Waals surface area contributed by atoms with Gasteiger partial charge in [-0.3, -0.25) is 5.43 Å². The van der Waals surface area contributed by atoms with Crippen LogP contribution in [-0.2, 0) is 12.8 Å². The van der Waals surface area contributed by atoms with Gasteiger partial charge in [0, 0.05) is 10.6 Å². The Bertz CT molecular complexity index is 909. The van der Waals surface area contributed by atoms with Gasteiger partial charge in [0.25, 0.3) is 0 Å². The van der Waals surface area contributed by atoms with Gasteiger partial charge in [-0.1, -0.05) is 35.5 Å². The molecule has 0 saturated heterocycles. The van der Waals surface area contributed by atoms with E-state index in [1.54, 1.807) is 18.3 Å². The standard InChI is InChI=1S/C19H16ClN5S/c20-14-7-5-13(6-8-14)12-23-25-18-16-4-2-1-3-15(16)17(11-22)19(24-18)26-10-9-21/h5-8,12H,1-4,10H2,(H,24,25)/b23-12+. The molecule has 3 rings (SSSR count). The molecule has 1 N–H and O–H groups in total. The summed E-state index contributed by atoms with van der Waals surface area (Å²) in [6, 6.07) is 11.7. The van der Waals surface area contributed by atoms with Crippen LogP contribution in [-0.4, -0.2) is 17.0 Å². The van der Waals surface area contributed by atoms with Crippen LogP contribution >= 0.6 is 23.4 Å². The first-order valence-electron chi connectivity index (χ1n) is 8.23. The van der Waals surface area contributed by atoms with Crippen molar-refractivity contribution in [2.24, 2.45) is 5.10 Å². The van der Waals surface area contributed by atoms with Crippen LogP contribution in [0.3, 0.4) is 0 Å². The van der Waals surface area contributed by atoms with E-state index in [1.165, 1.54) is 11.8 Å². The second-order valence-corrected chi connectivity index (χ2v) is 7.19. The molecule has 0 spiro atoms. The van der Waals surface area contributed by atoms with Gasteiger partial charge in [-0.05, 0) is 48.9 Å². The lowest BCUT2D eigenvalue weighted by molar-refractivity contribution is 0.677. The Hall–Kier alpha value is -2.54. The van der Waals surface area contributed by atoms with Gasteiger partial charge >= 0.3 is 0 Å². The van der Waals surface area contributed by atoms with Gasteiger partial charge < -0.3 is 0 Å². The smallest absolute Gasteiger partial charge is 0.151 e. The molecule has 0 radical (unpaired) electrons. The number of fused-ring (bicyclic) bond motifs is 1. The number of hydrogen-bond donors (Lipinski definition) is 1. The number of rotatable bonds is 5. The largest absolute Gasteiger partial charge is 0.261 e. The Labute approximate surface area is 161 Å². The molecule has 0 bridgehead atoms. The van der Waals surface area contributed by atoms with Crippen molar-refractivity contribution in [2.45, 2.75) is 30.7 Å². The van der Waals surface area contributed by atoms with Gasteiger partial charge in [-0.15, -0.1) is 0 Å². The second kappa shape index (κ2) is 8.71. The summed E-state index contributed by atoms with van der Waals surface area (Å²) in [6.07, 6.45) is 5.56. The fourth-order valence-corrected chi connectivity index (χ4v) is 3.72. The molecule has 0 aliphatic heterocycles. The number of nitrogens with zero attached hydrogens (tertiary/aromatic N) is 4. The van der Waals surface area contributed by atoms with E-state index in [-0.39, 0.29) is 5.75 Å². The molecule has 26 heavy (non-hydrogen) atoms. The molecule has 1 aromatic carbocycles. The van der Waals surface area contributed by atoms with Crippen molar-refractivity contribution >= 4 is 35.4 Å². The summed E-state index contributed by atoms with van der Waals surface area (Å²) >= 11 is 7.18. The quantitative estimate of drug-likeness (QED) is 0.466. The predicted molar refractivity (Wildman–Crippen MR) is 105 cm³/mol. The number of hydrogen-bond acceptors (Lipinski definition) is 6. The normalized spacial score (nSPS) is 13.0. The van der Waals surface area contributed by atoms with E-state index >= 15 is 0 Å². The second-order valence-electron chi connectivity index (χ2n) is 5.78. The number of hydrazone groups is 1. The highest BCUT2D eigenvalue weighted by Gasteiger charge is 2.22. The first-order valence-corrected chi connectivity index (χ1v) is 9.59. The topological polar surface area (TPSA) is 84.9 Å². The van der Waals surface area contributed by atoms with Gasteiger partial charge in [0.15, 0.2) is 5.82 Å². The van der Waals surface area contributed by atoms with Crippen LogP contribution < -0.4 is 5.43 Å². The van der Waals surface area contributed by atoms with E-state index < -0.39 is 0 Å². The van der Waals surface area contributed by atoms with E-state index in [9.17, 15) is 5.26 Å². The molecule has 7 heteroatoms. The monoisotopic (exact) mass is 381 g/mol. The molecule has 0 unspecified atom stereocenters. The third-order valence-electron chi connectivity index (χ3n) is 4.12. The predicted octanol–water partition coefficient (Wildman–Crippen LogP) is 4.55.